The van der Waals surface area contributed by atoms with E-state index in [2.05, 4.69) is 5.43 Å². The molecule has 0 spiro atoms. The van der Waals surface area contributed by atoms with E-state index < -0.39 is 4.92 Å². The second-order valence-electron chi connectivity index (χ2n) is 6.08. The number of hydrogen-bond acceptors (Lipinski definition) is 4. The number of rotatable bonds is 7. The summed E-state index contributed by atoms with van der Waals surface area (Å²) in [7, 11) is 0. The number of nitrogens with zero attached hydrogens (tertiary/aromatic N) is 2. The summed E-state index contributed by atoms with van der Waals surface area (Å²) in [6.45, 7) is 1.02. The number of nitrogens with one attached hydrogen (secondary N) is 1. The molecule has 1 amide bonds. The molecule has 0 saturated carbocycles. The number of nitro groups is 1. The molecule has 0 bridgehead atoms. The van der Waals surface area contributed by atoms with Gasteiger partial charge in [0.05, 0.1) is 4.92 Å². The summed E-state index contributed by atoms with van der Waals surface area (Å²) in [5.74, 6) is -0.384. The standard InChI is InChI=1S/C21H19N3O3/c25-21(19-12-7-13-20(14-19)24(26)27)22-23(15-17-8-3-1-4-9-17)16-18-10-5-2-6-11-18/h1-14H,15-16H2,(H,22,25). The van der Waals surface area contributed by atoms with Crippen molar-refractivity contribution < 1.29 is 9.72 Å². The Morgan fingerprint density at radius 2 is 1.41 bits per heavy atom. The van der Waals surface area contributed by atoms with Crippen LogP contribution >= 0.6 is 0 Å². The highest BCUT2D eigenvalue weighted by atomic mass is 16.6. The van der Waals surface area contributed by atoms with E-state index in [1.807, 2.05) is 60.7 Å². The predicted octanol–water partition coefficient (Wildman–Crippen LogP) is 3.94. The molecule has 3 aromatic rings. The van der Waals surface area contributed by atoms with Crippen LogP contribution in [0.15, 0.2) is 84.9 Å². The van der Waals surface area contributed by atoms with Crippen molar-refractivity contribution in [1.82, 2.24) is 10.4 Å². The van der Waals surface area contributed by atoms with E-state index in [9.17, 15) is 14.9 Å². The summed E-state index contributed by atoms with van der Waals surface area (Å²) in [5, 5.41) is 12.7. The Labute approximate surface area is 157 Å². The molecule has 0 aliphatic heterocycles. The molecule has 0 aliphatic rings. The van der Waals surface area contributed by atoms with Crippen LogP contribution in [0.25, 0.3) is 0 Å². The van der Waals surface area contributed by atoms with Crippen LogP contribution in [0.2, 0.25) is 0 Å². The van der Waals surface area contributed by atoms with Gasteiger partial charge in [-0.1, -0.05) is 66.7 Å². The molecular formula is C21H19N3O3. The Balaban J connectivity index is 1.78. The van der Waals surface area contributed by atoms with Crippen LogP contribution < -0.4 is 5.43 Å². The lowest BCUT2D eigenvalue weighted by Crippen LogP contribution is -2.41. The highest BCUT2D eigenvalue weighted by molar-refractivity contribution is 5.94. The van der Waals surface area contributed by atoms with Gasteiger partial charge in [-0.05, 0) is 17.2 Å². The molecule has 0 fully saturated rings. The number of benzene rings is 3. The van der Waals surface area contributed by atoms with Crippen LogP contribution in [0, 0.1) is 10.1 Å². The van der Waals surface area contributed by atoms with Gasteiger partial charge in [-0.15, -0.1) is 0 Å². The predicted molar refractivity (Wildman–Crippen MR) is 103 cm³/mol. The van der Waals surface area contributed by atoms with Gasteiger partial charge in [0.1, 0.15) is 0 Å². The Hall–Kier alpha value is -3.51. The molecule has 3 rings (SSSR count). The van der Waals surface area contributed by atoms with Crippen molar-refractivity contribution in [2.75, 3.05) is 0 Å². The minimum absolute atomic E-state index is 0.111. The minimum Gasteiger partial charge on any atom is -0.284 e. The lowest BCUT2D eigenvalue weighted by atomic mass is 10.2. The summed E-state index contributed by atoms with van der Waals surface area (Å²) in [5.41, 5.74) is 5.10. The Morgan fingerprint density at radius 3 is 1.93 bits per heavy atom. The van der Waals surface area contributed by atoms with E-state index >= 15 is 0 Å². The van der Waals surface area contributed by atoms with Crippen LogP contribution in [0.1, 0.15) is 21.5 Å². The van der Waals surface area contributed by atoms with Crippen LogP contribution in [-0.4, -0.2) is 15.8 Å². The molecule has 0 aliphatic carbocycles. The number of non-ortho nitro benzene ring substituents is 1. The zero-order valence-electron chi connectivity index (χ0n) is 14.6. The van der Waals surface area contributed by atoms with Gasteiger partial charge in [0.25, 0.3) is 11.6 Å². The van der Waals surface area contributed by atoms with Gasteiger partial charge in [0, 0.05) is 30.8 Å². The van der Waals surface area contributed by atoms with Gasteiger partial charge < -0.3 is 0 Å². The van der Waals surface area contributed by atoms with Crippen molar-refractivity contribution in [2.24, 2.45) is 0 Å². The third-order valence-corrected chi connectivity index (χ3v) is 4.01. The molecular weight excluding hydrogens is 342 g/mol. The number of hydrazine groups is 1. The molecule has 0 heterocycles. The zero-order chi connectivity index (χ0) is 19.1. The molecule has 0 atom stereocenters. The van der Waals surface area contributed by atoms with Crippen LogP contribution in [0.3, 0.4) is 0 Å². The molecule has 0 radical (unpaired) electrons. The van der Waals surface area contributed by atoms with E-state index in [1.54, 1.807) is 11.1 Å². The van der Waals surface area contributed by atoms with E-state index in [0.29, 0.717) is 13.1 Å². The van der Waals surface area contributed by atoms with Crippen molar-refractivity contribution in [3.05, 3.63) is 112 Å². The Bertz CT molecular complexity index is 873. The normalized spacial score (nSPS) is 10.6. The molecule has 3 aromatic carbocycles. The average Bonchev–Trinajstić information content (AvgIpc) is 2.69. The van der Waals surface area contributed by atoms with Crippen molar-refractivity contribution in [3.63, 3.8) is 0 Å². The summed E-state index contributed by atoms with van der Waals surface area (Å²) in [6.07, 6.45) is 0. The van der Waals surface area contributed by atoms with Crippen molar-refractivity contribution in [2.45, 2.75) is 13.1 Å². The Kier molecular flexibility index (Phi) is 5.91. The minimum atomic E-state index is -0.511. The van der Waals surface area contributed by atoms with Gasteiger partial charge in [-0.25, -0.2) is 5.01 Å². The number of nitro benzene ring substituents is 1. The SMILES string of the molecule is O=C(NN(Cc1ccccc1)Cc1ccccc1)c1cccc([N+](=O)[O-])c1. The van der Waals surface area contributed by atoms with E-state index in [1.165, 1.54) is 18.2 Å². The summed E-state index contributed by atoms with van der Waals surface area (Å²) in [4.78, 5) is 23.1. The van der Waals surface area contributed by atoms with Crippen molar-refractivity contribution in [1.29, 1.82) is 0 Å². The van der Waals surface area contributed by atoms with Crippen LogP contribution in [0.4, 0.5) is 5.69 Å². The number of amides is 1. The second-order valence-corrected chi connectivity index (χ2v) is 6.08. The third-order valence-electron chi connectivity index (χ3n) is 4.01. The maximum atomic E-state index is 12.6. The molecule has 0 saturated heterocycles. The smallest absolute Gasteiger partial charge is 0.270 e. The average molecular weight is 361 g/mol. The second kappa shape index (κ2) is 8.73. The molecule has 0 unspecified atom stereocenters. The number of carbonyl (C=O) groups excluding carboxylic acids is 1. The fourth-order valence-corrected chi connectivity index (χ4v) is 2.71. The first-order valence-corrected chi connectivity index (χ1v) is 8.50. The third kappa shape index (κ3) is 5.23. The van der Waals surface area contributed by atoms with Gasteiger partial charge >= 0.3 is 0 Å². The monoisotopic (exact) mass is 361 g/mol. The largest absolute Gasteiger partial charge is 0.284 e. The molecule has 6 heteroatoms. The maximum Gasteiger partial charge on any atom is 0.270 e. The van der Waals surface area contributed by atoms with Gasteiger partial charge in [-0.3, -0.25) is 20.3 Å². The quantitative estimate of drug-likeness (QED) is 0.511. The van der Waals surface area contributed by atoms with Crippen LogP contribution in [0.5, 0.6) is 0 Å². The van der Waals surface area contributed by atoms with Gasteiger partial charge in [-0.2, -0.15) is 0 Å². The van der Waals surface area contributed by atoms with Crippen LogP contribution in [-0.2, 0) is 13.1 Å². The Morgan fingerprint density at radius 1 is 0.852 bits per heavy atom. The molecule has 6 nitrogen and oxygen atoms in total. The van der Waals surface area contributed by atoms with Crippen molar-refractivity contribution >= 4 is 11.6 Å². The van der Waals surface area contributed by atoms with E-state index in [-0.39, 0.29) is 17.2 Å². The summed E-state index contributed by atoms with van der Waals surface area (Å²) in [6, 6.07) is 25.3. The fourth-order valence-electron chi connectivity index (χ4n) is 2.71. The highest BCUT2D eigenvalue weighted by Gasteiger charge is 2.15. The van der Waals surface area contributed by atoms with Gasteiger partial charge in [0.2, 0.25) is 0 Å². The first-order chi connectivity index (χ1) is 13.1. The highest BCUT2D eigenvalue weighted by Crippen LogP contribution is 2.14. The molecule has 0 aromatic heterocycles. The molecule has 1 N–H and O–H groups in total. The zero-order valence-corrected chi connectivity index (χ0v) is 14.6. The molecule has 27 heavy (non-hydrogen) atoms. The van der Waals surface area contributed by atoms with E-state index in [0.717, 1.165) is 11.1 Å². The number of carbonyl (C=O) groups is 1. The topological polar surface area (TPSA) is 75.5 Å². The van der Waals surface area contributed by atoms with Gasteiger partial charge in [0.15, 0.2) is 0 Å². The lowest BCUT2D eigenvalue weighted by molar-refractivity contribution is -0.384. The summed E-state index contributed by atoms with van der Waals surface area (Å²) < 4.78 is 0. The fraction of sp³-hybridized carbons (Fsp3) is 0.0952. The van der Waals surface area contributed by atoms with Crippen molar-refractivity contribution in [3.8, 4) is 0 Å². The lowest BCUT2D eigenvalue weighted by Gasteiger charge is -2.23. The maximum absolute atomic E-state index is 12.6. The summed E-state index contributed by atoms with van der Waals surface area (Å²) >= 11 is 0. The number of hydrogen-bond donors (Lipinski definition) is 1. The van der Waals surface area contributed by atoms with E-state index in [4.69, 9.17) is 0 Å². The first kappa shape index (κ1) is 18.3. The first-order valence-electron chi connectivity index (χ1n) is 8.50. The molecule has 136 valence electrons.